The van der Waals surface area contributed by atoms with Gasteiger partial charge in [-0.1, -0.05) is 12.1 Å². The Morgan fingerprint density at radius 1 is 1.41 bits per heavy atom. The number of amides is 1. The molecule has 0 bridgehead atoms. The molecule has 0 saturated carbocycles. The number of carbonyl (C=O) groups excluding carboxylic acids is 1. The van der Waals surface area contributed by atoms with Crippen LogP contribution in [0.3, 0.4) is 0 Å². The molecular weight excluding hydrogens is 214 g/mol. The van der Waals surface area contributed by atoms with Gasteiger partial charge in [-0.15, -0.1) is 0 Å². The Morgan fingerprint density at radius 2 is 2.24 bits per heavy atom. The molecule has 1 atom stereocenters. The molecule has 4 N–H and O–H groups in total. The first-order valence-corrected chi connectivity index (χ1v) is 6.08. The van der Waals surface area contributed by atoms with Crippen LogP contribution in [0.4, 0.5) is 11.4 Å². The number of nitrogens with two attached hydrogens (primary N) is 1. The zero-order valence-corrected chi connectivity index (χ0v) is 10.1. The third-order valence-corrected chi connectivity index (χ3v) is 3.19. The molecule has 1 aliphatic heterocycles. The highest BCUT2D eigenvalue weighted by molar-refractivity contribution is 5.86. The van der Waals surface area contributed by atoms with Crippen LogP contribution in [-0.2, 0) is 4.79 Å². The van der Waals surface area contributed by atoms with Gasteiger partial charge in [0.1, 0.15) is 6.04 Å². The number of hydrogen-bond donors (Lipinski definition) is 3. The number of hydrogen-bond acceptors (Lipinski definition) is 3. The molecule has 1 heterocycles. The fourth-order valence-electron chi connectivity index (χ4n) is 2.07. The Morgan fingerprint density at radius 3 is 3.06 bits per heavy atom. The molecular formula is C13H19N3O. The van der Waals surface area contributed by atoms with Gasteiger partial charge in [0, 0.05) is 6.54 Å². The van der Waals surface area contributed by atoms with E-state index < -0.39 is 0 Å². The molecule has 0 aliphatic carbocycles. The number of benzene rings is 1. The first-order valence-electron chi connectivity index (χ1n) is 6.08. The summed E-state index contributed by atoms with van der Waals surface area (Å²) in [4.78, 5) is 11.8. The van der Waals surface area contributed by atoms with Gasteiger partial charge >= 0.3 is 0 Å². The molecule has 17 heavy (non-hydrogen) atoms. The fourth-order valence-corrected chi connectivity index (χ4v) is 2.07. The van der Waals surface area contributed by atoms with Crippen LogP contribution in [0.2, 0.25) is 0 Å². The van der Waals surface area contributed by atoms with E-state index in [-0.39, 0.29) is 11.9 Å². The maximum absolute atomic E-state index is 11.8. The fraction of sp³-hybridized carbons (Fsp3) is 0.462. The first-order chi connectivity index (χ1) is 8.18. The molecule has 1 aliphatic rings. The Hall–Kier alpha value is -1.71. The average Bonchev–Trinajstić information content (AvgIpc) is 2.51. The normalized spacial score (nSPS) is 20.5. The minimum Gasteiger partial charge on any atom is -0.397 e. The molecule has 4 nitrogen and oxygen atoms in total. The molecule has 1 fully saturated rings. The SMILES string of the molecule is Cc1cccc(NC2CCCCNC2=O)c1N. The van der Waals surface area contributed by atoms with Gasteiger partial charge < -0.3 is 16.4 Å². The van der Waals surface area contributed by atoms with E-state index in [1.165, 1.54) is 0 Å². The van der Waals surface area contributed by atoms with Crippen molar-refractivity contribution in [3.05, 3.63) is 23.8 Å². The second-order valence-electron chi connectivity index (χ2n) is 4.52. The van der Waals surface area contributed by atoms with Crippen molar-refractivity contribution in [3.8, 4) is 0 Å². The largest absolute Gasteiger partial charge is 0.397 e. The Kier molecular flexibility index (Phi) is 3.52. The number of carbonyl (C=O) groups is 1. The first kappa shape index (κ1) is 11.8. The van der Waals surface area contributed by atoms with Crippen LogP contribution in [0.5, 0.6) is 0 Å². The van der Waals surface area contributed by atoms with Crippen LogP contribution in [0.1, 0.15) is 24.8 Å². The molecule has 1 unspecified atom stereocenters. The summed E-state index contributed by atoms with van der Waals surface area (Å²) in [7, 11) is 0. The lowest BCUT2D eigenvalue weighted by molar-refractivity contribution is -0.121. The minimum atomic E-state index is -0.165. The molecule has 0 aromatic heterocycles. The molecule has 0 spiro atoms. The van der Waals surface area contributed by atoms with Gasteiger partial charge in [-0.25, -0.2) is 0 Å². The lowest BCUT2D eigenvalue weighted by Gasteiger charge is -2.18. The monoisotopic (exact) mass is 233 g/mol. The van der Waals surface area contributed by atoms with Crippen LogP contribution < -0.4 is 16.4 Å². The van der Waals surface area contributed by atoms with Crippen molar-refractivity contribution in [3.63, 3.8) is 0 Å². The standard InChI is InChI=1S/C13H19N3O/c1-9-5-4-7-10(12(9)14)16-11-6-2-3-8-15-13(11)17/h4-5,7,11,16H,2-3,6,8,14H2,1H3,(H,15,17). The van der Waals surface area contributed by atoms with Crippen LogP contribution >= 0.6 is 0 Å². The maximum atomic E-state index is 11.8. The number of aryl methyl sites for hydroxylation is 1. The molecule has 2 rings (SSSR count). The predicted molar refractivity (Wildman–Crippen MR) is 69.9 cm³/mol. The molecule has 1 saturated heterocycles. The Labute approximate surface area is 102 Å². The number of para-hydroxylation sites is 1. The van der Waals surface area contributed by atoms with Gasteiger partial charge in [0.25, 0.3) is 0 Å². The number of anilines is 2. The lowest BCUT2D eigenvalue weighted by atomic mass is 10.1. The van der Waals surface area contributed by atoms with Gasteiger partial charge in [0.05, 0.1) is 11.4 Å². The van der Waals surface area contributed by atoms with E-state index in [1.54, 1.807) is 0 Å². The zero-order chi connectivity index (χ0) is 12.3. The Balaban J connectivity index is 2.13. The van der Waals surface area contributed by atoms with E-state index in [0.717, 1.165) is 42.7 Å². The van der Waals surface area contributed by atoms with Gasteiger partial charge in [-0.05, 0) is 37.8 Å². The Bertz CT molecular complexity index is 417. The van der Waals surface area contributed by atoms with Crippen molar-refractivity contribution in [1.82, 2.24) is 5.32 Å². The van der Waals surface area contributed by atoms with Crippen molar-refractivity contribution < 1.29 is 4.79 Å². The summed E-state index contributed by atoms with van der Waals surface area (Å²) < 4.78 is 0. The average molecular weight is 233 g/mol. The maximum Gasteiger partial charge on any atom is 0.242 e. The highest BCUT2D eigenvalue weighted by Gasteiger charge is 2.20. The summed E-state index contributed by atoms with van der Waals surface area (Å²) in [5.41, 5.74) is 8.60. The predicted octanol–water partition coefficient (Wildman–Crippen LogP) is 1.66. The molecule has 1 aromatic rings. The summed E-state index contributed by atoms with van der Waals surface area (Å²) in [5, 5.41) is 6.15. The number of rotatable bonds is 2. The summed E-state index contributed by atoms with van der Waals surface area (Å²) in [5.74, 6) is 0.0726. The highest BCUT2D eigenvalue weighted by atomic mass is 16.2. The summed E-state index contributed by atoms with van der Waals surface area (Å²) in [6, 6.07) is 5.66. The van der Waals surface area contributed by atoms with Crippen molar-refractivity contribution in [2.24, 2.45) is 0 Å². The van der Waals surface area contributed by atoms with Gasteiger partial charge in [-0.2, -0.15) is 0 Å². The van der Waals surface area contributed by atoms with Gasteiger partial charge in [-0.3, -0.25) is 4.79 Å². The minimum absolute atomic E-state index is 0.0726. The van der Waals surface area contributed by atoms with Crippen LogP contribution in [-0.4, -0.2) is 18.5 Å². The number of nitrogens with one attached hydrogen (secondary N) is 2. The lowest BCUT2D eigenvalue weighted by Crippen LogP contribution is -2.38. The van der Waals surface area contributed by atoms with E-state index in [4.69, 9.17) is 5.73 Å². The third kappa shape index (κ3) is 2.70. The van der Waals surface area contributed by atoms with Gasteiger partial charge in [0.2, 0.25) is 5.91 Å². The smallest absolute Gasteiger partial charge is 0.242 e. The number of nitrogen functional groups attached to an aromatic ring is 1. The van der Waals surface area contributed by atoms with Crippen molar-refractivity contribution in [1.29, 1.82) is 0 Å². The van der Waals surface area contributed by atoms with E-state index in [0.29, 0.717) is 0 Å². The topological polar surface area (TPSA) is 67.1 Å². The van der Waals surface area contributed by atoms with E-state index in [2.05, 4.69) is 10.6 Å². The highest BCUT2D eigenvalue weighted by Crippen LogP contribution is 2.23. The molecule has 0 radical (unpaired) electrons. The summed E-state index contributed by atoms with van der Waals surface area (Å²) in [6.45, 7) is 2.74. The molecule has 4 heteroatoms. The van der Waals surface area contributed by atoms with E-state index in [1.807, 2.05) is 25.1 Å². The van der Waals surface area contributed by atoms with Crippen LogP contribution in [0.25, 0.3) is 0 Å². The van der Waals surface area contributed by atoms with Crippen molar-refractivity contribution in [2.45, 2.75) is 32.2 Å². The summed E-state index contributed by atoms with van der Waals surface area (Å²) >= 11 is 0. The second kappa shape index (κ2) is 5.08. The molecule has 1 aromatic carbocycles. The van der Waals surface area contributed by atoms with Crippen molar-refractivity contribution in [2.75, 3.05) is 17.6 Å². The van der Waals surface area contributed by atoms with Crippen LogP contribution in [0.15, 0.2) is 18.2 Å². The molecule has 92 valence electrons. The van der Waals surface area contributed by atoms with Gasteiger partial charge in [0.15, 0.2) is 0 Å². The summed E-state index contributed by atoms with van der Waals surface area (Å²) in [6.07, 6.45) is 2.97. The van der Waals surface area contributed by atoms with E-state index >= 15 is 0 Å². The second-order valence-corrected chi connectivity index (χ2v) is 4.52. The van der Waals surface area contributed by atoms with Crippen molar-refractivity contribution >= 4 is 17.3 Å². The zero-order valence-electron chi connectivity index (χ0n) is 10.1. The van der Waals surface area contributed by atoms with E-state index in [9.17, 15) is 4.79 Å². The third-order valence-electron chi connectivity index (χ3n) is 3.19. The van der Waals surface area contributed by atoms with Crippen LogP contribution in [0, 0.1) is 6.92 Å². The quantitative estimate of drug-likeness (QED) is 0.680. The molecule has 1 amide bonds.